The van der Waals surface area contributed by atoms with Crippen molar-refractivity contribution in [1.29, 1.82) is 5.26 Å². The van der Waals surface area contributed by atoms with Crippen molar-refractivity contribution < 1.29 is 4.92 Å². The number of nitro groups is 1. The molecule has 0 heterocycles. The molecule has 1 aromatic rings. The highest BCUT2D eigenvalue weighted by atomic mass is 35.5. The van der Waals surface area contributed by atoms with Crippen LogP contribution in [0.25, 0.3) is 0 Å². The number of nitriles is 1. The van der Waals surface area contributed by atoms with E-state index in [1.54, 1.807) is 17.0 Å². The zero-order valence-corrected chi connectivity index (χ0v) is 10.1. The van der Waals surface area contributed by atoms with Gasteiger partial charge in [0.15, 0.2) is 0 Å². The van der Waals surface area contributed by atoms with Gasteiger partial charge in [0.1, 0.15) is 5.69 Å². The van der Waals surface area contributed by atoms with Crippen molar-refractivity contribution >= 4 is 23.0 Å². The predicted molar refractivity (Wildman–Crippen MR) is 66.2 cm³/mol. The number of rotatable bonds is 5. The SMILES string of the molecule is CCN(CCC#N)c1ccc(Cl)cc1[N+](=O)[O-]. The van der Waals surface area contributed by atoms with Gasteiger partial charge < -0.3 is 4.90 Å². The second kappa shape index (κ2) is 6.06. The van der Waals surface area contributed by atoms with Crippen molar-refractivity contribution in [1.82, 2.24) is 0 Å². The number of hydrogen-bond acceptors (Lipinski definition) is 4. The first kappa shape index (κ1) is 13.3. The molecule has 0 saturated carbocycles. The molecule has 0 bridgehead atoms. The summed E-state index contributed by atoms with van der Waals surface area (Å²) in [5.41, 5.74) is 0.467. The molecule has 0 atom stereocenters. The average molecular weight is 254 g/mol. The van der Waals surface area contributed by atoms with Crippen molar-refractivity contribution in [3.8, 4) is 6.07 Å². The van der Waals surface area contributed by atoms with Crippen LogP contribution in [0.2, 0.25) is 5.02 Å². The zero-order chi connectivity index (χ0) is 12.8. The Morgan fingerprint density at radius 1 is 1.59 bits per heavy atom. The lowest BCUT2D eigenvalue weighted by Gasteiger charge is -2.21. The number of benzene rings is 1. The predicted octanol–water partition coefficient (Wildman–Crippen LogP) is 2.99. The summed E-state index contributed by atoms with van der Waals surface area (Å²) in [6, 6.07) is 6.57. The lowest BCUT2D eigenvalue weighted by atomic mass is 10.2. The van der Waals surface area contributed by atoms with Crippen LogP contribution in [0, 0.1) is 21.4 Å². The molecule has 0 aliphatic carbocycles. The van der Waals surface area contributed by atoms with E-state index in [-0.39, 0.29) is 5.69 Å². The van der Waals surface area contributed by atoms with Gasteiger partial charge in [0.2, 0.25) is 0 Å². The molecule has 0 saturated heterocycles. The fourth-order valence-corrected chi connectivity index (χ4v) is 1.71. The van der Waals surface area contributed by atoms with Gasteiger partial charge in [0, 0.05) is 24.2 Å². The standard InChI is InChI=1S/C11H12ClN3O2/c1-2-14(7-3-6-13)10-5-4-9(12)8-11(10)15(16)17/h4-5,8H,2-3,7H2,1H3. The second-order valence-corrected chi connectivity index (χ2v) is 3.81. The number of hydrogen-bond donors (Lipinski definition) is 0. The summed E-state index contributed by atoms with van der Waals surface area (Å²) in [7, 11) is 0. The molecule has 0 radical (unpaired) electrons. The van der Waals surface area contributed by atoms with Gasteiger partial charge in [-0.25, -0.2) is 0 Å². The minimum Gasteiger partial charge on any atom is -0.365 e. The average Bonchev–Trinajstić information content (AvgIpc) is 2.31. The Labute approximate surface area is 104 Å². The molecular weight excluding hydrogens is 242 g/mol. The molecule has 17 heavy (non-hydrogen) atoms. The Kier molecular flexibility index (Phi) is 4.73. The Hall–Kier alpha value is -1.80. The first-order valence-corrected chi connectivity index (χ1v) is 5.53. The fraction of sp³-hybridized carbons (Fsp3) is 0.364. The molecule has 6 heteroatoms. The van der Waals surface area contributed by atoms with Gasteiger partial charge >= 0.3 is 0 Å². The Balaban J connectivity index is 3.10. The van der Waals surface area contributed by atoms with E-state index in [2.05, 4.69) is 0 Å². The molecule has 0 fully saturated rings. The molecule has 0 spiro atoms. The van der Waals surface area contributed by atoms with Crippen LogP contribution in [-0.2, 0) is 0 Å². The minimum absolute atomic E-state index is 0.0303. The summed E-state index contributed by atoms with van der Waals surface area (Å²) in [6.07, 6.45) is 0.327. The van der Waals surface area contributed by atoms with E-state index in [0.717, 1.165) is 0 Å². The van der Waals surface area contributed by atoms with E-state index >= 15 is 0 Å². The summed E-state index contributed by atoms with van der Waals surface area (Å²) in [4.78, 5) is 12.3. The van der Waals surface area contributed by atoms with Gasteiger partial charge in [-0.3, -0.25) is 10.1 Å². The van der Waals surface area contributed by atoms with Crippen molar-refractivity contribution in [3.05, 3.63) is 33.3 Å². The van der Waals surface area contributed by atoms with Crippen LogP contribution in [-0.4, -0.2) is 18.0 Å². The van der Waals surface area contributed by atoms with Gasteiger partial charge in [0.05, 0.1) is 17.4 Å². The molecule has 0 N–H and O–H groups in total. The molecular formula is C11H12ClN3O2. The minimum atomic E-state index is -0.462. The topological polar surface area (TPSA) is 70.2 Å². The van der Waals surface area contributed by atoms with Crippen LogP contribution < -0.4 is 4.90 Å². The highest BCUT2D eigenvalue weighted by Gasteiger charge is 2.18. The molecule has 90 valence electrons. The molecule has 0 aromatic heterocycles. The van der Waals surface area contributed by atoms with Gasteiger partial charge in [-0.15, -0.1) is 0 Å². The zero-order valence-electron chi connectivity index (χ0n) is 9.39. The first-order chi connectivity index (χ1) is 8.10. The second-order valence-electron chi connectivity index (χ2n) is 3.38. The van der Waals surface area contributed by atoms with Crippen molar-refractivity contribution in [2.45, 2.75) is 13.3 Å². The third-order valence-electron chi connectivity index (χ3n) is 2.35. The Bertz CT molecular complexity index is 457. The quantitative estimate of drug-likeness (QED) is 0.597. The maximum absolute atomic E-state index is 10.9. The summed E-state index contributed by atoms with van der Waals surface area (Å²) >= 11 is 5.74. The van der Waals surface area contributed by atoms with Gasteiger partial charge in [-0.05, 0) is 19.1 Å². The molecule has 0 aliphatic rings. The van der Waals surface area contributed by atoms with Crippen LogP contribution in [0.4, 0.5) is 11.4 Å². The smallest absolute Gasteiger partial charge is 0.294 e. The van der Waals surface area contributed by atoms with E-state index in [9.17, 15) is 10.1 Å². The summed E-state index contributed by atoms with van der Waals surface area (Å²) in [5, 5.41) is 19.8. The third-order valence-corrected chi connectivity index (χ3v) is 2.59. The molecule has 0 unspecified atom stereocenters. The van der Waals surface area contributed by atoms with Crippen LogP contribution in [0.1, 0.15) is 13.3 Å². The first-order valence-electron chi connectivity index (χ1n) is 5.16. The van der Waals surface area contributed by atoms with Gasteiger partial charge in [-0.2, -0.15) is 5.26 Å². The van der Waals surface area contributed by atoms with E-state index in [0.29, 0.717) is 30.2 Å². The molecule has 0 aliphatic heterocycles. The van der Waals surface area contributed by atoms with Crippen LogP contribution in [0.5, 0.6) is 0 Å². The van der Waals surface area contributed by atoms with Crippen LogP contribution in [0.3, 0.4) is 0 Å². The lowest BCUT2D eigenvalue weighted by molar-refractivity contribution is -0.384. The van der Waals surface area contributed by atoms with Crippen LogP contribution in [0.15, 0.2) is 18.2 Å². The number of anilines is 1. The van der Waals surface area contributed by atoms with Crippen molar-refractivity contribution in [2.24, 2.45) is 0 Å². The summed E-state index contributed by atoms with van der Waals surface area (Å²) in [5.74, 6) is 0. The van der Waals surface area contributed by atoms with E-state index in [1.807, 2.05) is 13.0 Å². The maximum Gasteiger partial charge on any atom is 0.294 e. The maximum atomic E-state index is 10.9. The van der Waals surface area contributed by atoms with Crippen molar-refractivity contribution in [2.75, 3.05) is 18.0 Å². The molecule has 1 aromatic carbocycles. The Morgan fingerprint density at radius 3 is 2.82 bits per heavy atom. The lowest BCUT2D eigenvalue weighted by Crippen LogP contribution is -2.24. The molecule has 0 amide bonds. The number of nitrogens with zero attached hydrogens (tertiary/aromatic N) is 3. The largest absolute Gasteiger partial charge is 0.365 e. The monoisotopic (exact) mass is 253 g/mol. The van der Waals surface area contributed by atoms with E-state index in [1.165, 1.54) is 6.07 Å². The number of halogens is 1. The van der Waals surface area contributed by atoms with Crippen LogP contribution >= 0.6 is 11.6 Å². The van der Waals surface area contributed by atoms with E-state index < -0.39 is 4.92 Å². The summed E-state index contributed by atoms with van der Waals surface area (Å²) in [6.45, 7) is 2.95. The van der Waals surface area contributed by atoms with Crippen molar-refractivity contribution in [3.63, 3.8) is 0 Å². The van der Waals surface area contributed by atoms with E-state index in [4.69, 9.17) is 16.9 Å². The van der Waals surface area contributed by atoms with Gasteiger partial charge in [0.25, 0.3) is 5.69 Å². The normalized spacial score (nSPS) is 9.71. The van der Waals surface area contributed by atoms with Gasteiger partial charge in [-0.1, -0.05) is 11.6 Å². The highest BCUT2D eigenvalue weighted by molar-refractivity contribution is 6.30. The molecule has 1 rings (SSSR count). The third kappa shape index (κ3) is 3.33. The summed E-state index contributed by atoms with van der Waals surface area (Å²) < 4.78 is 0. The number of nitro benzene ring substituents is 1. The highest BCUT2D eigenvalue weighted by Crippen LogP contribution is 2.30. The Morgan fingerprint density at radius 2 is 2.29 bits per heavy atom. The fourth-order valence-electron chi connectivity index (χ4n) is 1.54. The molecule has 5 nitrogen and oxygen atoms in total.